The van der Waals surface area contributed by atoms with Gasteiger partial charge in [-0.1, -0.05) is 49.7 Å². The molecule has 0 saturated carbocycles. The largest absolute Gasteiger partial charge is 0.337 e. The van der Waals surface area contributed by atoms with E-state index in [9.17, 15) is 4.79 Å². The number of likely N-dealkylation sites (tertiary alicyclic amines) is 1. The zero-order valence-electron chi connectivity index (χ0n) is 11.6. The predicted molar refractivity (Wildman–Crippen MR) is 81.0 cm³/mol. The maximum Gasteiger partial charge on any atom is 0.272 e. The lowest BCUT2D eigenvalue weighted by molar-refractivity contribution is 0.0779. The van der Waals surface area contributed by atoms with Gasteiger partial charge in [-0.05, 0) is 23.3 Å². The van der Waals surface area contributed by atoms with Crippen LogP contribution in [-0.4, -0.2) is 28.9 Å². The fourth-order valence-electron chi connectivity index (χ4n) is 2.72. The highest BCUT2D eigenvalue weighted by atomic mass is 35.5. The van der Waals surface area contributed by atoms with E-state index in [1.807, 2.05) is 35.2 Å². The van der Waals surface area contributed by atoms with Gasteiger partial charge in [0, 0.05) is 18.5 Å². The second-order valence-corrected chi connectivity index (χ2v) is 6.04. The van der Waals surface area contributed by atoms with Crippen LogP contribution in [0, 0.1) is 11.8 Å². The third-order valence-electron chi connectivity index (χ3n) is 4.19. The van der Waals surface area contributed by atoms with Gasteiger partial charge in [0.2, 0.25) is 0 Å². The van der Waals surface area contributed by atoms with Crippen molar-refractivity contribution in [2.24, 2.45) is 11.8 Å². The van der Waals surface area contributed by atoms with Crippen LogP contribution < -0.4 is 0 Å². The van der Waals surface area contributed by atoms with E-state index in [-0.39, 0.29) is 5.91 Å². The number of rotatable bonds is 1. The molecule has 0 bridgehead atoms. The molecule has 0 N–H and O–H groups in total. The van der Waals surface area contributed by atoms with Crippen molar-refractivity contribution < 1.29 is 4.79 Å². The molecule has 4 heteroatoms. The summed E-state index contributed by atoms with van der Waals surface area (Å²) in [5.74, 6) is 1.05. The SMILES string of the molecule is CC1CN(C(=O)c2cc3ccccc3c(Cl)n2)CC1C. The molecule has 104 valence electrons. The van der Waals surface area contributed by atoms with Crippen LogP contribution in [0.4, 0.5) is 0 Å². The Morgan fingerprint density at radius 1 is 1.25 bits per heavy atom. The number of halogens is 1. The monoisotopic (exact) mass is 288 g/mol. The van der Waals surface area contributed by atoms with Gasteiger partial charge in [-0.2, -0.15) is 0 Å². The highest BCUT2D eigenvalue weighted by Crippen LogP contribution is 2.26. The van der Waals surface area contributed by atoms with Crippen molar-refractivity contribution in [3.05, 3.63) is 41.2 Å². The molecule has 3 nitrogen and oxygen atoms in total. The lowest BCUT2D eigenvalue weighted by Crippen LogP contribution is -2.29. The van der Waals surface area contributed by atoms with Crippen molar-refractivity contribution in [2.45, 2.75) is 13.8 Å². The van der Waals surface area contributed by atoms with Crippen LogP contribution in [0.3, 0.4) is 0 Å². The van der Waals surface area contributed by atoms with Gasteiger partial charge >= 0.3 is 0 Å². The number of carbonyl (C=O) groups excluding carboxylic acids is 1. The summed E-state index contributed by atoms with van der Waals surface area (Å²) in [5, 5.41) is 2.23. The van der Waals surface area contributed by atoms with Crippen molar-refractivity contribution in [3.8, 4) is 0 Å². The van der Waals surface area contributed by atoms with E-state index in [0.29, 0.717) is 22.7 Å². The maximum atomic E-state index is 12.5. The second kappa shape index (κ2) is 5.06. The third kappa shape index (κ3) is 2.27. The fourth-order valence-corrected chi connectivity index (χ4v) is 2.99. The molecule has 2 unspecified atom stereocenters. The third-order valence-corrected chi connectivity index (χ3v) is 4.48. The molecule has 1 aromatic heterocycles. The number of carbonyl (C=O) groups is 1. The molecular weight excluding hydrogens is 272 g/mol. The van der Waals surface area contributed by atoms with E-state index >= 15 is 0 Å². The molecule has 1 aromatic carbocycles. The van der Waals surface area contributed by atoms with Gasteiger partial charge in [-0.25, -0.2) is 4.98 Å². The van der Waals surface area contributed by atoms with Crippen molar-refractivity contribution in [2.75, 3.05) is 13.1 Å². The highest BCUT2D eigenvalue weighted by molar-refractivity contribution is 6.34. The first kappa shape index (κ1) is 13.4. The average molecular weight is 289 g/mol. The average Bonchev–Trinajstić information content (AvgIpc) is 2.78. The highest BCUT2D eigenvalue weighted by Gasteiger charge is 2.30. The minimum atomic E-state index is -0.0196. The lowest BCUT2D eigenvalue weighted by atomic mass is 10.0. The van der Waals surface area contributed by atoms with Gasteiger partial charge in [0.25, 0.3) is 5.91 Å². The Balaban J connectivity index is 1.96. The molecule has 1 aliphatic heterocycles. The Hall–Kier alpha value is -1.61. The summed E-state index contributed by atoms with van der Waals surface area (Å²) >= 11 is 6.19. The van der Waals surface area contributed by atoms with Gasteiger partial charge in [-0.3, -0.25) is 4.79 Å². The van der Waals surface area contributed by atoms with Crippen molar-refractivity contribution >= 4 is 28.3 Å². The Morgan fingerprint density at radius 3 is 2.60 bits per heavy atom. The molecular formula is C16H17ClN2O. The number of nitrogens with zero attached hydrogens (tertiary/aromatic N) is 2. The van der Waals surface area contributed by atoms with Crippen LogP contribution in [0.1, 0.15) is 24.3 Å². The Labute approximate surface area is 123 Å². The van der Waals surface area contributed by atoms with Gasteiger partial charge in [0.15, 0.2) is 0 Å². The van der Waals surface area contributed by atoms with Crippen LogP contribution in [-0.2, 0) is 0 Å². The predicted octanol–water partition coefficient (Wildman–Crippen LogP) is 3.62. The zero-order chi connectivity index (χ0) is 14.3. The molecule has 2 heterocycles. The number of fused-ring (bicyclic) bond motifs is 1. The molecule has 20 heavy (non-hydrogen) atoms. The van der Waals surface area contributed by atoms with Crippen LogP contribution in [0.2, 0.25) is 5.15 Å². The van der Waals surface area contributed by atoms with Crippen molar-refractivity contribution in [3.63, 3.8) is 0 Å². The molecule has 2 atom stereocenters. The molecule has 1 aliphatic rings. The molecule has 1 fully saturated rings. The first-order valence-corrected chi connectivity index (χ1v) is 7.28. The van der Waals surface area contributed by atoms with Gasteiger partial charge in [0.05, 0.1) is 0 Å². The zero-order valence-corrected chi connectivity index (χ0v) is 12.4. The van der Waals surface area contributed by atoms with E-state index in [1.165, 1.54) is 0 Å². The number of benzene rings is 1. The second-order valence-electron chi connectivity index (χ2n) is 5.68. The Kier molecular flexibility index (Phi) is 3.38. The number of pyridine rings is 1. The first-order valence-electron chi connectivity index (χ1n) is 6.91. The van der Waals surface area contributed by atoms with Crippen LogP contribution in [0.25, 0.3) is 10.8 Å². The summed E-state index contributed by atoms with van der Waals surface area (Å²) in [6.07, 6.45) is 0. The van der Waals surface area contributed by atoms with E-state index in [4.69, 9.17) is 11.6 Å². The number of amides is 1. The first-order chi connectivity index (χ1) is 9.56. The Morgan fingerprint density at radius 2 is 1.90 bits per heavy atom. The molecule has 2 aromatic rings. The van der Waals surface area contributed by atoms with Gasteiger partial charge < -0.3 is 4.90 Å². The summed E-state index contributed by atoms with van der Waals surface area (Å²) < 4.78 is 0. The Bertz CT molecular complexity index is 661. The van der Waals surface area contributed by atoms with E-state index in [2.05, 4.69) is 18.8 Å². The summed E-state index contributed by atoms with van der Waals surface area (Å²) in [4.78, 5) is 18.7. The molecule has 1 saturated heterocycles. The number of hydrogen-bond acceptors (Lipinski definition) is 2. The van der Waals surface area contributed by atoms with Crippen molar-refractivity contribution in [1.82, 2.24) is 9.88 Å². The van der Waals surface area contributed by atoms with E-state index in [1.54, 1.807) is 0 Å². The quantitative estimate of drug-likeness (QED) is 0.751. The minimum Gasteiger partial charge on any atom is -0.337 e. The van der Waals surface area contributed by atoms with E-state index in [0.717, 1.165) is 23.9 Å². The van der Waals surface area contributed by atoms with Crippen LogP contribution >= 0.6 is 11.6 Å². The van der Waals surface area contributed by atoms with E-state index < -0.39 is 0 Å². The molecule has 3 rings (SSSR count). The number of hydrogen-bond donors (Lipinski definition) is 0. The normalized spacial score (nSPS) is 22.4. The molecule has 0 spiro atoms. The molecule has 0 aliphatic carbocycles. The lowest BCUT2D eigenvalue weighted by Gasteiger charge is -2.16. The summed E-state index contributed by atoms with van der Waals surface area (Å²) in [5.41, 5.74) is 0.440. The van der Waals surface area contributed by atoms with Crippen LogP contribution in [0.15, 0.2) is 30.3 Å². The van der Waals surface area contributed by atoms with Crippen molar-refractivity contribution in [1.29, 1.82) is 0 Å². The standard InChI is InChI=1S/C16H17ClN2O/c1-10-8-19(9-11(10)2)16(20)14-7-12-5-3-4-6-13(12)15(17)18-14/h3-7,10-11H,8-9H2,1-2H3. The summed E-state index contributed by atoms with van der Waals surface area (Å²) in [6, 6.07) is 9.55. The van der Waals surface area contributed by atoms with Gasteiger partial charge in [0.1, 0.15) is 10.8 Å². The summed E-state index contributed by atoms with van der Waals surface area (Å²) in [6.45, 7) is 5.95. The maximum absolute atomic E-state index is 12.5. The molecule has 1 amide bonds. The smallest absolute Gasteiger partial charge is 0.272 e. The van der Waals surface area contributed by atoms with Gasteiger partial charge in [-0.15, -0.1) is 0 Å². The topological polar surface area (TPSA) is 33.2 Å². The minimum absolute atomic E-state index is 0.0196. The summed E-state index contributed by atoms with van der Waals surface area (Å²) in [7, 11) is 0. The van der Waals surface area contributed by atoms with Crippen LogP contribution in [0.5, 0.6) is 0 Å². The fraction of sp³-hybridized carbons (Fsp3) is 0.375. The molecule has 0 radical (unpaired) electrons. The number of aromatic nitrogens is 1.